The summed E-state index contributed by atoms with van der Waals surface area (Å²) in [6, 6.07) is 11.2. The Labute approximate surface area is 162 Å². The van der Waals surface area contributed by atoms with Gasteiger partial charge in [0, 0.05) is 5.56 Å². The summed E-state index contributed by atoms with van der Waals surface area (Å²) >= 11 is 0. The summed E-state index contributed by atoms with van der Waals surface area (Å²) in [6.07, 6.45) is 0. The summed E-state index contributed by atoms with van der Waals surface area (Å²) in [5, 5.41) is 6.38. The number of amides is 1. The van der Waals surface area contributed by atoms with Gasteiger partial charge in [-0.1, -0.05) is 49.3 Å². The molecule has 0 aliphatic carbocycles. The minimum Gasteiger partial charge on any atom is -0.438 e. The minimum atomic E-state index is -3.77. The molecule has 3 aromatic rings. The highest BCUT2D eigenvalue weighted by molar-refractivity contribution is 7.89. The van der Waals surface area contributed by atoms with Crippen LogP contribution in [0.15, 0.2) is 56.5 Å². The van der Waals surface area contributed by atoms with Gasteiger partial charge in [0.25, 0.3) is 15.9 Å². The second kappa shape index (κ2) is 7.95. The van der Waals surface area contributed by atoms with Gasteiger partial charge in [0.15, 0.2) is 5.76 Å². The maximum atomic E-state index is 12.5. The summed E-state index contributed by atoms with van der Waals surface area (Å²) < 4.78 is 36.1. The standard InChI is InChI=1S/C18H20N4O5S/c1-11(2)15(18-21-16(22-27-18)12-7-5-4-6-8-12)20-17(23)13-9-10-14(26-13)28(24,25)19-3/h4-11,15,19H,1-3H3,(H,20,23). The molecule has 148 valence electrons. The Hall–Kier alpha value is -2.98. The van der Waals surface area contributed by atoms with Crippen molar-refractivity contribution in [3.8, 4) is 11.4 Å². The van der Waals surface area contributed by atoms with E-state index in [-0.39, 0.29) is 22.7 Å². The zero-order valence-electron chi connectivity index (χ0n) is 15.5. The van der Waals surface area contributed by atoms with Crippen molar-refractivity contribution >= 4 is 15.9 Å². The molecular weight excluding hydrogens is 384 g/mol. The van der Waals surface area contributed by atoms with Gasteiger partial charge in [0.1, 0.15) is 6.04 Å². The van der Waals surface area contributed by atoms with E-state index in [9.17, 15) is 13.2 Å². The fourth-order valence-electron chi connectivity index (χ4n) is 2.48. The Balaban J connectivity index is 1.81. The second-order valence-electron chi connectivity index (χ2n) is 6.34. The molecule has 0 radical (unpaired) electrons. The molecule has 2 heterocycles. The number of rotatable bonds is 7. The van der Waals surface area contributed by atoms with E-state index in [1.807, 2.05) is 44.2 Å². The van der Waals surface area contributed by atoms with Crippen LogP contribution in [0.3, 0.4) is 0 Å². The molecule has 2 N–H and O–H groups in total. The van der Waals surface area contributed by atoms with Crippen molar-refractivity contribution in [2.45, 2.75) is 25.0 Å². The van der Waals surface area contributed by atoms with Crippen molar-refractivity contribution in [2.24, 2.45) is 5.92 Å². The van der Waals surface area contributed by atoms with E-state index in [0.717, 1.165) is 5.56 Å². The molecular formula is C18H20N4O5S. The molecule has 3 rings (SSSR count). The first-order valence-electron chi connectivity index (χ1n) is 8.55. The first kappa shape index (κ1) is 19.8. The highest BCUT2D eigenvalue weighted by Crippen LogP contribution is 2.24. The number of hydrogen-bond acceptors (Lipinski definition) is 7. The number of nitrogens with one attached hydrogen (secondary N) is 2. The highest BCUT2D eigenvalue weighted by Gasteiger charge is 2.27. The summed E-state index contributed by atoms with van der Waals surface area (Å²) in [4.78, 5) is 16.9. The number of aromatic nitrogens is 2. The Morgan fingerprint density at radius 1 is 1.11 bits per heavy atom. The van der Waals surface area contributed by atoms with Crippen LogP contribution in [0.5, 0.6) is 0 Å². The Morgan fingerprint density at radius 3 is 2.46 bits per heavy atom. The zero-order chi connectivity index (χ0) is 20.3. The summed E-state index contributed by atoms with van der Waals surface area (Å²) in [7, 11) is -2.52. The first-order chi connectivity index (χ1) is 13.3. The molecule has 0 spiro atoms. The minimum absolute atomic E-state index is 0.0662. The highest BCUT2D eigenvalue weighted by atomic mass is 32.2. The molecule has 10 heteroatoms. The molecule has 0 aliphatic rings. The van der Waals surface area contributed by atoms with Crippen LogP contribution in [-0.4, -0.2) is 31.5 Å². The summed E-state index contributed by atoms with van der Waals surface area (Å²) in [6.45, 7) is 3.77. The van der Waals surface area contributed by atoms with Crippen LogP contribution in [-0.2, 0) is 10.0 Å². The predicted molar refractivity (Wildman–Crippen MR) is 99.7 cm³/mol. The number of hydrogen-bond donors (Lipinski definition) is 2. The summed E-state index contributed by atoms with van der Waals surface area (Å²) in [5.74, 6) is -0.130. The van der Waals surface area contributed by atoms with Gasteiger partial charge in [0.2, 0.25) is 16.8 Å². The van der Waals surface area contributed by atoms with Crippen molar-refractivity contribution in [3.05, 3.63) is 54.1 Å². The normalized spacial score (nSPS) is 12.9. The number of nitrogens with zero attached hydrogens (tertiary/aromatic N) is 2. The van der Waals surface area contributed by atoms with Crippen LogP contribution in [0.25, 0.3) is 11.4 Å². The third-order valence-corrected chi connectivity index (χ3v) is 5.32. The van der Waals surface area contributed by atoms with Gasteiger partial charge in [-0.2, -0.15) is 4.98 Å². The van der Waals surface area contributed by atoms with Crippen LogP contribution < -0.4 is 10.0 Å². The van der Waals surface area contributed by atoms with Crippen molar-refractivity contribution in [1.82, 2.24) is 20.2 Å². The van der Waals surface area contributed by atoms with Crippen molar-refractivity contribution in [2.75, 3.05) is 7.05 Å². The maximum Gasteiger partial charge on any atom is 0.287 e. The van der Waals surface area contributed by atoms with Gasteiger partial charge in [-0.05, 0) is 25.1 Å². The van der Waals surface area contributed by atoms with Crippen molar-refractivity contribution < 1.29 is 22.2 Å². The molecule has 0 saturated carbocycles. The number of furan rings is 1. The third kappa shape index (κ3) is 4.12. The zero-order valence-corrected chi connectivity index (χ0v) is 16.4. The molecule has 1 unspecified atom stereocenters. The van der Waals surface area contributed by atoms with Crippen LogP contribution in [0, 0.1) is 5.92 Å². The van der Waals surface area contributed by atoms with Gasteiger partial charge >= 0.3 is 0 Å². The van der Waals surface area contributed by atoms with E-state index in [2.05, 4.69) is 20.2 Å². The molecule has 1 aromatic carbocycles. The van der Waals surface area contributed by atoms with E-state index in [1.54, 1.807) is 0 Å². The topological polar surface area (TPSA) is 127 Å². The van der Waals surface area contributed by atoms with Crippen molar-refractivity contribution in [3.63, 3.8) is 0 Å². The van der Waals surface area contributed by atoms with E-state index >= 15 is 0 Å². The average molecular weight is 404 g/mol. The van der Waals surface area contributed by atoms with Crippen LogP contribution in [0.1, 0.15) is 36.3 Å². The van der Waals surface area contributed by atoms with Crippen molar-refractivity contribution in [1.29, 1.82) is 0 Å². The van der Waals surface area contributed by atoms with E-state index in [0.29, 0.717) is 5.82 Å². The molecule has 0 bridgehead atoms. The van der Waals surface area contributed by atoms with Gasteiger partial charge < -0.3 is 14.3 Å². The summed E-state index contributed by atoms with van der Waals surface area (Å²) in [5.41, 5.74) is 0.791. The molecule has 2 aromatic heterocycles. The molecule has 1 amide bonds. The van der Waals surface area contributed by atoms with Crippen LogP contribution in [0.4, 0.5) is 0 Å². The maximum absolute atomic E-state index is 12.5. The van der Waals surface area contributed by atoms with E-state index < -0.39 is 22.0 Å². The number of carbonyl (C=O) groups excluding carboxylic acids is 1. The quantitative estimate of drug-likeness (QED) is 0.619. The second-order valence-corrected chi connectivity index (χ2v) is 8.16. The lowest BCUT2D eigenvalue weighted by molar-refractivity contribution is 0.0880. The first-order valence-corrected chi connectivity index (χ1v) is 10.0. The number of carbonyl (C=O) groups is 1. The van der Waals surface area contributed by atoms with Gasteiger partial charge in [-0.25, -0.2) is 13.1 Å². The van der Waals surface area contributed by atoms with Crippen LogP contribution >= 0.6 is 0 Å². The fourth-order valence-corrected chi connectivity index (χ4v) is 3.13. The monoisotopic (exact) mass is 404 g/mol. The molecule has 1 atom stereocenters. The van der Waals surface area contributed by atoms with E-state index in [1.165, 1.54) is 19.2 Å². The lowest BCUT2D eigenvalue weighted by Gasteiger charge is -2.17. The van der Waals surface area contributed by atoms with Crippen LogP contribution in [0.2, 0.25) is 0 Å². The largest absolute Gasteiger partial charge is 0.438 e. The van der Waals surface area contributed by atoms with Gasteiger partial charge in [0.05, 0.1) is 0 Å². The van der Waals surface area contributed by atoms with E-state index in [4.69, 9.17) is 8.94 Å². The predicted octanol–water partition coefficient (Wildman–Crippen LogP) is 2.36. The Kier molecular flexibility index (Phi) is 5.61. The molecule has 0 fully saturated rings. The smallest absolute Gasteiger partial charge is 0.287 e. The molecule has 28 heavy (non-hydrogen) atoms. The SMILES string of the molecule is CNS(=O)(=O)c1ccc(C(=O)NC(c2nc(-c3ccccc3)no2)C(C)C)o1. The Bertz CT molecular complexity index is 1060. The molecule has 0 aliphatic heterocycles. The van der Waals surface area contributed by atoms with Gasteiger partial charge in [-0.15, -0.1) is 0 Å². The lowest BCUT2D eigenvalue weighted by atomic mass is 10.0. The fraction of sp³-hybridized carbons (Fsp3) is 0.278. The lowest BCUT2D eigenvalue weighted by Crippen LogP contribution is -2.31. The van der Waals surface area contributed by atoms with Gasteiger partial charge in [-0.3, -0.25) is 4.79 Å². The molecule has 0 saturated heterocycles. The average Bonchev–Trinajstić information content (AvgIpc) is 3.36. The number of benzene rings is 1. The Morgan fingerprint density at radius 2 is 1.82 bits per heavy atom. The molecule has 9 nitrogen and oxygen atoms in total. The third-order valence-electron chi connectivity index (χ3n) is 4.03. The number of sulfonamides is 1.